The van der Waals surface area contributed by atoms with Crippen molar-refractivity contribution in [1.29, 1.82) is 0 Å². The minimum Gasteiger partial charge on any atom is -0.466 e. The zero-order valence-electron chi connectivity index (χ0n) is 21.8. The molecule has 0 aliphatic carbocycles. The number of rotatable bonds is 9. The van der Waals surface area contributed by atoms with E-state index in [4.69, 9.17) is 4.74 Å². The summed E-state index contributed by atoms with van der Waals surface area (Å²) in [7, 11) is 0. The molecule has 0 radical (unpaired) electrons. The number of likely N-dealkylation sites (tertiary alicyclic amines) is 1. The summed E-state index contributed by atoms with van der Waals surface area (Å²) >= 11 is 1.62. The molecule has 6 atom stereocenters. The van der Waals surface area contributed by atoms with Gasteiger partial charge in [0.05, 0.1) is 35.8 Å². The molecule has 1 spiro atoms. The van der Waals surface area contributed by atoms with E-state index in [0.717, 1.165) is 12.8 Å². The Bertz CT molecular complexity index is 838. The number of carbonyl (C=O) groups excluding carboxylic acids is 3. The summed E-state index contributed by atoms with van der Waals surface area (Å²) in [4.78, 5) is 44.7. The first-order chi connectivity index (χ1) is 15.8. The molecular formula is C26H42N2O5S. The molecule has 0 aromatic heterocycles. The van der Waals surface area contributed by atoms with Crippen molar-refractivity contribution in [2.24, 2.45) is 17.3 Å². The lowest BCUT2D eigenvalue weighted by atomic mass is 9.71. The topological polar surface area (TPSA) is 87.2 Å². The number of ether oxygens (including phenoxy) is 1. The van der Waals surface area contributed by atoms with E-state index in [9.17, 15) is 19.5 Å². The standard InChI is InChI=1S/C26H42N2O5S/c1-9-13-27(25(7,8)15-24(4,5)6)22(31)20-26-12-11-17(34-26)18(23(32)33-10-2)19(26)21(30)28(20)16(3)14-29/h9,16-20,29H,1,10-15H2,2-8H3/t16-,17+,18-,19+,20?,26?/m1/s1. The fourth-order valence-electron chi connectivity index (χ4n) is 6.74. The lowest BCUT2D eigenvalue weighted by Gasteiger charge is -2.46. The van der Waals surface area contributed by atoms with Crippen LogP contribution in [0, 0.1) is 17.3 Å². The maximum Gasteiger partial charge on any atom is 0.310 e. The predicted octanol–water partition coefficient (Wildman–Crippen LogP) is 3.25. The molecule has 3 heterocycles. The Morgan fingerprint density at radius 3 is 2.53 bits per heavy atom. The fraction of sp³-hybridized carbons (Fsp3) is 0.808. The summed E-state index contributed by atoms with van der Waals surface area (Å²) in [6.07, 6.45) is 3.97. The highest BCUT2D eigenvalue weighted by Gasteiger charge is 2.74. The summed E-state index contributed by atoms with van der Waals surface area (Å²) in [5, 5.41) is 10.0. The number of amides is 2. The van der Waals surface area contributed by atoms with Crippen LogP contribution in [-0.4, -0.2) is 80.1 Å². The first kappa shape index (κ1) is 27.1. The monoisotopic (exact) mass is 494 g/mol. The Morgan fingerprint density at radius 1 is 1.35 bits per heavy atom. The first-order valence-electron chi connectivity index (χ1n) is 12.5. The maximum atomic E-state index is 14.4. The molecule has 0 aromatic rings. The van der Waals surface area contributed by atoms with Gasteiger partial charge in [0.25, 0.3) is 0 Å². The molecule has 7 nitrogen and oxygen atoms in total. The van der Waals surface area contributed by atoms with Crippen LogP contribution < -0.4 is 0 Å². The lowest BCUT2D eigenvalue weighted by molar-refractivity contribution is -0.154. The van der Waals surface area contributed by atoms with Crippen LogP contribution in [0.3, 0.4) is 0 Å². The highest BCUT2D eigenvalue weighted by Crippen LogP contribution is 2.67. The minimum atomic E-state index is -0.735. The van der Waals surface area contributed by atoms with E-state index in [-0.39, 0.29) is 41.7 Å². The van der Waals surface area contributed by atoms with Gasteiger partial charge in [-0.1, -0.05) is 26.8 Å². The van der Waals surface area contributed by atoms with Crippen molar-refractivity contribution in [2.45, 2.75) is 95.3 Å². The molecule has 0 aromatic carbocycles. The van der Waals surface area contributed by atoms with Gasteiger partial charge in [0.15, 0.2) is 0 Å². The second kappa shape index (κ2) is 9.49. The van der Waals surface area contributed by atoms with Gasteiger partial charge in [0, 0.05) is 17.3 Å². The van der Waals surface area contributed by atoms with Gasteiger partial charge >= 0.3 is 5.97 Å². The zero-order chi connectivity index (χ0) is 25.6. The molecule has 3 fully saturated rings. The Morgan fingerprint density at radius 2 is 2.00 bits per heavy atom. The van der Waals surface area contributed by atoms with Gasteiger partial charge in [0.1, 0.15) is 6.04 Å². The van der Waals surface area contributed by atoms with Crippen molar-refractivity contribution in [3.63, 3.8) is 0 Å². The van der Waals surface area contributed by atoms with E-state index in [0.29, 0.717) is 13.0 Å². The molecule has 3 aliphatic heterocycles. The molecule has 2 unspecified atom stereocenters. The fourth-order valence-corrected chi connectivity index (χ4v) is 8.93. The van der Waals surface area contributed by atoms with E-state index in [2.05, 4.69) is 41.2 Å². The van der Waals surface area contributed by atoms with Crippen molar-refractivity contribution < 1.29 is 24.2 Å². The summed E-state index contributed by atoms with van der Waals surface area (Å²) in [6.45, 7) is 18.4. The van der Waals surface area contributed by atoms with Crippen LogP contribution in [0.25, 0.3) is 0 Å². The Labute approximate surface area is 208 Å². The number of aliphatic hydroxyl groups excluding tert-OH is 1. The number of esters is 1. The third kappa shape index (κ3) is 4.41. The molecule has 2 amide bonds. The maximum absolute atomic E-state index is 14.4. The molecule has 192 valence electrons. The molecule has 1 N–H and O–H groups in total. The van der Waals surface area contributed by atoms with Crippen LogP contribution in [-0.2, 0) is 19.1 Å². The van der Waals surface area contributed by atoms with Gasteiger partial charge in [-0.2, -0.15) is 0 Å². The molecule has 0 saturated carbocycles. The van der Waals surface area contributed by atoms with E-state index >= 15 is 0 Å². The van der Waals surface area contributed by atoms with E-state index in [1.54, 1.807) is 36.6 Å². The summed E-state index contributed by atoms with van der Waals surface area (Å²) < 4.78 is 4.68. The number of carbonyl (C=O) groups is 3. The van der Waals surface area contributed by atoms with Gasteiger partial charge in [-0.15, -0.1) is 18.3 Å². The van der Waals surface area contributed by atoms with Crippen LogP contribution >= 0.6 is 11.8 Å². The number of fused-ring (bicyclic) bond motifs is 1. The lowest BCUT2D eigenvalue weighted by Crippen LogP contribution is -2.61. The molecule has 2 bridgehead atoms. The highest BCUT2D eigenvalue weighted by atomic mass is 32.2. The first-order valence-corrected chi connectivity index (χ1v) is 13.3. The largest absolute Gasteiger partial charge is 0.466 e. The van der Waals surface area contributed by atoms with Crippen LogP contribution in [0.15, 0.2) is 12.7 Å². The smallest absolute Gasteiger partial charge is 0.310 e. The number of nitrogens with zero attached hydrogens (tertiary/aromatic N) is 2. The number of hydrogen-bond donors (Lipinski definition) is 1. The van der Waals surface area contributed by atoms with Crippen molar-refractivity contribution >= 4 is 29.5 Å². The average molecular weight is 495 g/mol. The average Bonchev–Trinajstić information content (AvgIpc) is 3.36. The van der Waals surface area contributed by atoms with Gasteiger partial charge in [0.2, 0.25) is 11.8 Å². The second-order valence-corrected chi connectivity index (χ2v) is 13.5. The molecule has 8 heteroatoms. The van der Waals surface area contributed by atoms with Gasteiger partial charge in [-0.3, -0.25) is 14.4 Å². The Hall–Kier alpha value is -1.54. The third-order valence-corrected chi connectivity index (χ3v) is 9.49. The molecular weight excluding hydrogens is 452 g/mol. The molecule has 34 heavy (non-hydrogen) atoms. The van der Waals surface area contributed by atoms with Gasteiger partial charge < -0.3 is 19.6 Å². The summed E-state index contributed by atoms with van der Waals surface area (Å²) in [5.74, 6) is -1.83. The third-order valence-electron chi connectivity index (χ3n) is 7.54. The quantitative estimate of drug-likeness (QED) is 0.391. The van der Waals surface area contributed by atoms with E-state index in [1.165, 1.54) is 0 Å². The van der Waals surface area contributed by atoms with Crippen molar-refractivity contribution in [1.82, 2.24) is 9.80 Å². The van der Waals surface area contributed by atoms with Crippen LogP contribution in [0.2, 0.25) is 0 Å². The molecule has 3 rings (SSSR count). The Balaban J connectivity index is 2.08. The number of aliphatic hydroxyl groups is 1. The summed E-state index contributed by atoms with van der Waals surface area (Å²) in [6, 6.07) is -1.26. The van der Waals surface area contributed by atoms with Crippen molar-refractivity contribution in [3.8, 4) is 0 Å². The Kier molecular flexibility index (Phi) is 7.55. The predicted molar refractivity (Wildman–Crippen MR) is 134 cm³/mol. The van der Waals surface area contributed by atoms with Crippen molar-refractivity contribution in [3.05, 3.63) is 12.7 Å². The van der Waals surface area contributed by atoms with Crippen molar-refractivity contribution in [2.75, 3.05) is 19.8 Å². The number of thioether (sulfide) groups is 1. The minimum absolute atomic E-state index is 0.0108. The number of hydrogen-bond acceptors (Lipinski definition) is 6. The van der Waals surface area contributed by atoms with Gasteiger partial charge in [-0.05, 0) is 52.4 Å². The second-order valence-electron chi connectivity index (χ2n) is 11.9. The highest BCUT2D eigenvalue weighted by molar-refractivity contribution is 8.02. The summed E-state index contributed by atoms with van der Waals surface area (Å²) in [5.41, 5.74) is -0.486. The SMILES string of the molecule is C=CCN(C(=O)C1N([C@H](C)CO)C(=O)[C@@H]2[C@H](C(=O)OCC)[C@@H]3CCC12S3)C(C)(C)CC(C)(C)C. The molecule has 3 aliphatic rings. The van der Waals surface area contributed by atoms with E-state index < -0.39 is 34.2 Å². The normalized spacial score (nSPS) is 31.4. The van der Waals surface area contributed by atoms with Gasteiger partial charge in [-0.25, -0.2) is 0 Å². The van der Waals surface area contributed by atoms with Crippen LogP contribution in [0.4, 0.5) is 0 Å². The van der Waals surface area contributed by atoms with E-state index in [1.807, 2.05) is 4.90 Å². The van der Waals surface area contributed by atoms with Crippen LogP contribution in [0.5, 0.6) is 0 Å². The van der Waals surface area contributed by atoms with Crippen LogP contribution in [0.1, 0.15) is 67.7 Å². The zero-order valence-corrected chi connectivity index (χ0v) is 22.6. The molecule has 3 saturated heterocycles.